The summed E-state index contributed by atoms with van der Waals surface area (Å²) < 4.78 is 6.45. The number of carbonyl (C=O) groups is 1. The Hall–Kier alpha value is -0.193. The number of ketones is 1. The first-order valence-corrected chi connectivity index (χ1v) is 12.3. The second-order valence-corrected chi connectivity index (χ2v) is 13.2. The third kappa shape index (κ3) is 7.95. The Morgan fingerprint density at radius 2 is 1.74 bits per heavy atom. The lowest BCUT2D eigenvalue weighted by Crippen LogP contribution is -2.46. The van der Waals surface area contributed by atoms with Crippen LogP contribution in [-0.4, -0.2) is 31.4 Å². The third-order valence-corrected chi connectivity index (χ3v) is 9.80. The molecule has 0 heterocycles. The Morgan fingerprint density at radius 3 is 2.17 bits per heavy atom. The van der Waals surface area contributed by atoms with Crippen molar-refractivity contribution in [3.8, 4) is 0 Å². The van der Waals surface area contributed by atoms with E-state index in [0.29, 0.717) is 0 Å². The first-order chi connectivity index (χ1) is 10.5. The predicted molar refractivity (Wildman–Crippen MR) is 101 cm³/mol. The number of rotatable bonds is 11. The summed E-state index contributed by atoms with van der Waals surface area (Å²) >= 11 is 0. The van der Waals surface area contributed by atoms with E-state index in [2.05, 4.69) is 47.7 Å². The Labute approximate surface area is 145 Å². The minimum atomic E-state index is -1.88. The molecule has 23 heavy (non-hydrogen) atoms. The average Bonchev–Trinajstić information content (AvgIpc) is 2.42. The van der Waals surface area contributed by atoms with Crippen molar-refractivity contribution in [2.75, 3.05) is 0 Å². The fraction of sp³-hybridized carbons (Fsp3) is 0.947. The van der Waals surface area contributed by atoms with Crippen LogP contribution in [0.25, 0.3) is 0 Å². The third-order valence-electron chi connectivity index (χ3n) is 5.30. The summed E-state index contributed by atoms with van der Waals surface area (Å²) in [7, 11) is -1.88. The zero-order chi connectivity index (χ0) is 18.3. The molecule has 0 bridgehead atoms. The molecule has 0 saturated heterocycles. The first-order valence-electron chi connectivity index (χ1n) is 9.34. The maximum Gasteiger partial charge on any atom is 0.192 e. The van der Waals surface area contributed by atoms with Crippen LogP contribution in [0.2, 0.25) is 18.1 Å². The van der Waals surface area contributed by atoms with Crippen LogP contribution in [0.1, 0.15) is 80.1 Å². The van der Waals surface area contributed by atoms with Gasteiger partial charge in [-0.1, -0.05) is 60.8 Å². The number of hydrogen-bond donors (Lipinski definition) is 1. The molecule has 0 radical (unpaired) electrons. The van der Waals surface area contributed by atoms with Gasteiger partial charge in [0.05, 0.1) is 12.2 Å². The Bertz CT molecular complexity index is 347. The fourth-order valence-corrected chi connectivity index (χ4v) is 3.93. The molecule has 3 atom stereocenters. The number of aliphatic hydroxyl groups excluding tert-OH is 1. The van der Waals surface area contributed by atoms with Gasteiger partial charge in [0.25, 0.3) is 0 Å². The van der Waals surface area contributed by atoms with Gasteiger partial charge in [0.1, 0.15) is 5.78 Å². The molecular weight excluding hydrogens is 304 g/mol. The summed E-state index contributed by atoms with van der Waals surface area (Å²) in [5.41, 5.74) is 0. The van der Waals surface area contributed by atoms with Gasteiger partial charge in [0, 0.05) is 12.3 Å². The van der Waals surface area contributed by atoms with E-state index in [0.717, 1.165) is 32.1 Å². The largest absolute Gasteiger partial charge is 0.413 e. The van der Waals surface area contributed by atoms with E-state index in [1.54, 1.807) is 0 Å². The molecule has 0 aromatic rings. The molecule has 0 aliphatic carbocycles. The minimum absolute atomic E-state index is 0.0359. The molecule has 0 amide bonds. The Morgan fingerprint density at radius 1 is 1.17 bits per heavy atom. The van der Waals surface area contributed by atoms with Crippen molar-refractivity contribution in [2.24, 2.45) is 5.92 Å². The minimum Gasteiger partial charge on any atom is -0.413 e. The van der Waals surface area contributed by atoms with Crippen molar-refractivity contribution in [1.82, 2.24) is 0 Å². The highest BCUT2D eigenvalue weighted by Gasteiger charge is 2.40. The zero-order valence-corrected chi connectivity index (χ0v) is 17.7. The molecule has 0 saturated carbocycles. The molecule has 3 nitrogen and oxygen atoms in total. The standard InChI is InChI=1S/C19H40O3Si/c1-9-11-12-13-16(20)14-17(21)15(3)18(10-2)22-23(7,8)19(4,5)6/h15-16,18,20H,9-14H2,1-8H3/t15-,16-,18-/m0/s1. The van der Waals surface area contributed by atoms with Crippen molar-refractivity contribution >= 4 is 14.1 Å². The molecule has 0 unspecified atom stereocenters. The second-order valence-electron chi connectivity index (χ2n) is 8.43. The van der Waals surface area contributed by atoms with E-state index in [-0.39, 0.29) is 29.3 Å². The summed E-state index contributed by atoms with van der Waals surface area (Å²) in [6.07, 6.45) is 4.55. The highest BCUT2D eigenvalue weighted by molar-refractivity contribution is 6.74. The average molecular weight is 345 g/mol. The molecule has 0 aliphatic heterocycles. The molecule has 0 aromatic carbocycles. The lowest BCUT2D eigenvalue weighted by Gasteiger charge is -2.40. The van der Waals surface area contributed by atoms with Crippen molar-refractivity contribution in [1.29, 1.82) is 0 Å². The maximum atomic E-state index is 12.5. The number of aliphatic hydroxyl groups is 1. The van der Waals surface area contributed by atoms with Gasteiger partial charge in [-0.25, -0.2) is 0 Å². The molecule has 1 N–H and O–H groups in total. The molecule has 0 fully saturated rings. The summed E-state index contributed by atoms with van der Waals surface area (Å²) in [4.78, 5) is 12.5. The highest BCUT2D eigenvalue weighted by Crippen LogP contribution is 2.38. The number of Topliss-reactive ketones (excluding diaryl/α,β-unsaturated/α-hetero) is 1. The van der Waals surface area contributed by atoms with E-state index in [1.165, 1.54) is 0 Å². The van der Waals surface area contributed by atoms with Crippen molar-refractivity contribution in [2.45, 2.75) is 110 Å². The van der Waals surface area contributed by atoms with E-state index >= 15 is 0 Å². The van der Waals surface area contributed by atoms with Crippen LogP contribution in [0.3, 0.4) is 0 Å². The maximum absolute atomic E-state index is 12.5. The number of carbonyl (C=O) groups excluding carboxylic acids is 1. The van der Waals surface area contributed by atoms with Gasteiger partial charge in [0.2, 0.25) is 0 Å². The zero-order valence-electron chi connectivity index (χ0n) is 16.7. The van der Waals surface area contributed by atoms with Crippen LogP contribution in [0.4, 0.5) is 0 Å². The van der Waals surface area contributed by atoms with Gasteiger partial charge in [-0.15, -0.1) is 0 Å². The van der Waals surface area contributed by atoms with Crippen molar-refractivity contribution in [3.05, 3.63) is 0 Å². The van der Waals surface area contributed by atoms with E-state index in [1.807, 2.05) is 6.92 Å². The molecular formula is C19H40O3Si. The summed E-state index contributed by atoms with van der Waals surface area (Å²) in [6.45, 7) is 17.3. The quantitative estimate of drug-likeness (QED) is 0.407. The number of unbranched alkanes of at least 4 members (excludes halogenated alkanes) is 2. The van der Waals surface area contributed by atoms with Crippen molar-refractivity contribution in [3.63, 3.8) is 0 Å². The van der Waals surface area contributed by atoms with Gasteiger partial charge in [-0.3, -0.25) is 4.79 Å². The number of hydrogen-bond acceptors (Lipinski definition) is 3. The smallest absolute Gasteiger partial charge is 0.192 e. The van der Waals surface area contributed by atoms with Crippen LogP contribution >= 0.6 is 0 Å². The van der Waals surface area contributed by atoms with Crippen LogP contribution < -0.4 is 0 Å². The molecule has 138 valence electrons. The fourth-order valence-electron chi connectivity index (χ4n) is 2.45. The van der Waals surface area contributed by atoms with Crippen LogP contribution in [0.5, 0.6) is 0 Å². The molecule has 0 aromatic heterocycles. The van der Waals surface area contributed by atoms with E-state index in [9.17, 15) is 9.90 Å². The first kappa shape index (κ1) is 22.8. The van der Waals surface area contributed by atoms with Gasteiger partial charge in [0.15, 0.2) is 8.32 Å². The SMILES string of the molecule is CCCCC[C@H](O)CC(=O)[C@H](C)[C@H](CC)O[Si](C)(C)C(C)(C)C. The highest BCUT2D eigenvalue weighted by atomic mass is 28.4. The van der Waals surface area contributed by atoms with E-state index < -0.39 is 14.4 Å². The predicted octanol–water partition coefficient (Wildman–Crippen LogP) is 5.32. The topological polar surface area (TPSA) is 46.5 Å². The van der Waals surface area contributed by atoms with Gasteiger partial charge in [-0.05, 0) is 31.0 Å². The van der Waals surface area contributed by atoms with Gasteiger partial charge in [-0.2, -0.15) is 0 Å². The van der Waals surface area contributed by atoms with Crippen LogP contribution in [0, 0.1) is 5.92 Å². The van der Waals surface area contributed by atoms with Gasteiger partial charge >= 0.3 is 0 Å². The summed E-state index contributed by atoms with van der Waals surface area (Å²) in [5.74, 6) is -0.00509. The summed E-state index contributed by atoms with van der Waals surface area (Å²) in [6, 6.07) is 0. The molecule has 0 rings (SSSR count). The monoisotopic (exact) mass is 344 g/mol. The Balaban J connectivity index is 4.64. The normalized spacial score (nSPS) is 16.9. The second kappa shape index (κ2) is 9.95. The molecule has 0 aliphatic rings. The summed E-state index contributed by atoms with van der Waals surface area (Å²) in [5, 5.41) is 10.2. The van der Waals surface area contributed by atoms with Gasteiger partial charge < -0.3 is 9.53 Å². The van der Waals surface area contributed by atoms with Crippen LogP contribution in [-0.2, 0) is 9.22 Å². The lowest BCUT2D eigenvalue weighted by atomic mass is 9.93. The Kier molecular flexibility index (Phi) is 9.86. The molecule has 4 heteroatoms. The molecule has 0 spiro atoms. The van der Waals surface area contributed by atoms with E-state index in [4.69, 9.17) is 4.43 Å². The van der Waals surface area contributed by atoms with Crippen molar-refractivity contribution < 1.29 is 14.3 Å². The van der Waals surface area contributed by atoms with Crippen LogP contribution in [0.15, 0.2) is 0 Å². The lowest BCUT2D eigenvalue weighted by molar-refractivity contribution is -0.127.